The van der Waals surface area contributed by atoms with Gasteiger partial charge >= 0.3 is 0 Å². The summed E-state index contributed by atoms with van der Waals surface area (Å²) in [7, 11) is 0. The Morgan fingerprint density at radius 3 is 1.28 bits per heavy atom. The van der Waals surface area contributed by atoms with Crippen LogP contribution in [0.1, 0.15) is 81.1 Å². The van der Waals surface area contributed by atoms with Crippen LogP contribution in [0.5, 0.6) is 0 Å². The summed E-state index contributed by atoms with van der Waals surface area (Å²) >= 11 is 0. The van der Waals surface area contributed by atoms with Gasteiger partial charge in [0, 0.05) is 64.1 Å². The predicted molar refractivity (Wildman–Crippen MR) is 337 cm³/mol. The highest BCUT2D eigenvalue weighted by Crippen LogP contribution is 2.37. The van der Waals surface area contributed by atoms with Gasteiger partial charge in [-0.2, -0.15) is 0 Å². The molecule has 15 nitrogen and oxygen atoms in total. The van der Waals surface area contributed by atoms with Gasteiger partial charge in [-0.3, -0.25) is 13.2 Å². The minimum Gasteiger partial charge on any atom is -0.383 e. The van der Waals surface area contributed by atoms with E-state index >= 15 is 0 Å². The number of fused-ring (bicyclic) bond motifs is 3. The van der Waals surface area contributed by atoms with Crippen molar-refractivity contribution in [1.29, 1.82) is 0 Å². The van der Waals surface area contributed by atoms with Crippen LogP contribution in [0, 0.1) is 48.5 Å². The third-order valence-corrected chi connectivity index (χ3v) is 14.1. The van der Waals surface area contributed by atoms with Crippen LogP contribution in [0.3, 0.4) is 0 Å². The first-order chi connectivity index (χ1) is 39.1. The van der Waals surface area contributed by atoms with Gasteiger partial charge < -0.3 is 29.9 Å². The molecule has 83 heavy (non-hydrogen) atoms. The summed E-state index contributed by atoms with van der Waals surface area (Å²) in [5.74, 6) is 5.13. The molecule has 0 aliphatic rings. The van der Waals surface area contributed by atoms with Crippen LogP contribution in [0.4, 0.5) is 17.5 Å². The van der Waals surface area contributed by atoms with E-state index in [0.29, 0.717) is 5.82 Å². The molecule has 0 saturated carbocycles. The maximum Gasteiger partial charge on any atom is 0.141 e. The molecule has 0 aliphatic carbocycles. The Morgan fingerprint density at radius 2 is 0.831 bits per heavy atom. The monoisotopic (exact) mass is 1100 g/mol. The molecular weight excluding hydrogens is 1030 g/mol. The molecule has 0 saturated heterocycles. The van der Waals surface area contributed by atoms with Crippen LogP contribution in [-0.4, -0.2) is 49.2 Å². The molecule has 0 unspecified atom stereocenters. The number of aryl methyl sites for hydroxylation is 7. The Hall–Kier alpha value is -10.0. The Balaban J connectivity index is 0.000000149. The van der Waals surface area contributed by atoms with Gasteiger partial charge in [-0.05, 0) is 127 Å². The predicted octanol–water partition coefficient (Wildman–Crippen LogP) is 16.8. The molecule has 9 heterocycles. The van der Waals surface area contributed by atoms with Gasteiger partial charge in [0.15, 0.2) is 0 Å². The second-order valence-corrected chi connectivity index (χ2v) is 21.3. The highest BCUT2D eigenvalue weighted by molar-refractivity contribution is 5.82. The van der Waals surface area contributed by atoms with Gasteiger partial charge in [0.25, 0.3) is 0 Å². The van der Waals surface area contributed by atoms with Crippen LogP contribution in [0.2, 0.25) is 0 Å². The zero-order valence-corrected chi connectivity index (χ0v) is 47.2. The van der Waals surface area contributed by atoms with Crippen molar-refractivity contribution < 1.29 is 13.6 Å². The second-order valence-electron chi connectivity index (χ2n) is 21.3. The molecule has 0 aliphatic heterocycles. The van der Waals surface area contributed by atoms with E-state index in [1.54, 1.807) is 0 Å². The zero-order chi connectivity index (χ0) is 56.5. The summed E-state index contributed by atoms with van der Waals surface area (Å²) in [6.45, 7) is 21.0. The number of hydrogen-bond donors (Lipinski definition) is 3. The smallest absolute Gasteiger partial charge is 0.141 e. The van der Waals surface area contributed by atoms with Crippen molar-refractivity contribution in [2.45, 2.75) is 96.2 Å². The molecule has 4 aromatic carbocycles. The minimum absolute atomic E-state index is 0. The molecule has 4 N–H and O–H groups in total. The van der Waals surface area contributed by atoms with Gasteiger partial charge in [0.2, 0.25) is 0 Å². The molecule has 15 heteroatoms. The lowest BCUT2D eigenvalue weighted by Crippen LogP contribution is -2.27. The van der Waals surface area contributed by atoms with E-state index < -0.39 is 0 Å². The van der Waals surface area contributed by atoms with Crippen molar-refractivity contribution in [2.24, 2.45) is 0 Å². The fourth-order valence-electron chi connectivity index (χ4n) is 10.3. The number of nitrogens with two attached hydrogens (primary N) is 1. The van der Waals surface area contributed by atoms with Crippen molar-refractivity contribution in [3.8, 4) is 67.2 Å². The number of imidazole rings is 3. The van der Waals surface area contributed by atoms with Crippen molar-refractivity contribution in [1.82, 2.24) is 43.6 Å². The average molecular weight is 1110 g/mol. The molecule has 422 valence electrons. The van der Waals surface area contributed by atoms with E-state index in [-0.39, 0.29) is 20.4 Å². The number of hydrogen-bond acceptors (Lipinski definition) is 12. The molecular formula is C68H72N12O3. The number of rotatable bonds is 10. The van der Waals surface area contributed by atoms with Crippen LogP contribution in [0.25, 0.3) is 84.1 Å². The van der Waals surface area contributed by atoms with Crippen LogP contribution in [0.15, 0.2) is 184 Å². The first kappa shape index (κ1) is 57.7. The van der Waals surface area contributed by atoms with E-state index in [9.17, 15) is 0 Å². The van der Waals surface area contributed by atoms with Crippen LogP contribution < -0.4 is 16.4 Å². The van der Waals surface area contributed by atoms with Crippen molar-refractivity contribution in [3.05, 3.63) is 216 Å². The maximum atomic E-state index is 6.23. The SMILES string of the molecule is C.C.Cc1ccc2nc(-c3ccc(-c4c(C)noc4C)cc3)c(NCc3ccccc3)n2c1.Cc1noc(C)c1-c1ccc(-c2nc3ccccn3c2N)cc1.Cc1noc(C)c1-c1ccc(-c2nc3ccccn3c2NC(C)(C)C)cc1. The lowest BCUT2D eigenvalue weighted by molar-refractivity contribution is 0.393. The van der Waals surface area contributed by atoms with Crippen LogP contribution in [-0.2, 0) is 6.54 Å². The van der Waals surface area contributed by atoms with E-state index in [1.807, 2.05) is 125 Å². The normalized spacial score (nSPS) is 11.2. The third kappa shape index (κ3) is 11.9. The summed E-state index contributed by atoms with van der Waals surface area (Å²) in [6, 6.07) is 51.5. The van der Waals surface area contributed by atoms with Gasteiger partial charge in [0.1, 0.15) is 68.8 Å². The van der Waals surface area contributed by atoms with E-state index in [4.69, 9.17) is 29.3 Å². The molecule has 13 rings (SSSR count). The van der Waals surface area contributed by atoms with E-state index in [1.165, 1.54) is 11.1 Å². The number of nitrogens with one attached hydrogen (secondary N) is 2. The number of benzene rings is 4. The van der Waals surface area contributed by atoms with E-state index in [0.717, 1.165) is 137 Å². The summed E-state index contributed by atoms with van der Waals surface area (Å²) in [5, 5.41) is 19.4. The largest absolute Gasteiger partial charge is 0.383 e. The van der Waals surface area contributed by atoms with Crippen molar-refractivity contribution in [3.63, 3.8) is 0 Å². The highest BCUT2D eigenvalue weighted by atomic mass is 16.5. The Labute approximate surface area is 484 Å². The Morgan fingerprint density at radius 1 is 0.434 bits per heavy atom. The lowest BCUT2D eigenvalue weighted by atomic mass is 10.0. The Bertz CT molecular complexity index is 4260. The topological polar surface area (TPSA) is 180 Å². The van der Waals surface area contributed by atoms with Gasteiger partial charge in [-0.1, -0.05) is 152 Å². The average Bonchev–Trinajstić information content (AvgIpc) is 3.72. The number of pyridine rings is 3. The molecule has 9 aromatic heterocycles. The first-order valence-corrected chi connectivity index (χ1v) is 26.9. The van der Waals surface area contributed by atoms with E-state index in [2.05, 4.69) is 159 Å². The molecule has 0 spiro atoms. The Kier molecular flexibility index (Phi) is 16.7. The summed E-state index contributed by atoms with van der Waals surface area (Å²) in [5.41, 5.74) is 26.2. The molecule has 0 radical (unpaired) electrons. The van der Waals surface area contributed by atoms with Crippen molar-refractivity contribution in [2.75, 3.05) is 16.4 Å². The quantitative estimate of drug-likeness (QED) is 0.118. The minimum atomic E-state index is -0.0722. The molecule has 13 aromatic rings. The summed E-state index contributed by atoms with van der Waals surface area (Å²) < 4.78 is 22.0. The fourth-order valence-corrected chi connectivity index (χ4v) is 10.3. The summed E-state index contributed by atoms with van der Waals surface area (Å²) in [4.78, 5) is 14.4. The number of aromatic nitrogens is 9. The van der Waals surface area contributed by atoms with Gasteiger partial charge in [-0.25, -0.2) is 15.0 Å². The van der Waals surface area contributed by atoms with Crippen molar-refractivity contribution >= 4 is 34.4 Å². The van der Waals surface area contributed by atoms with Gasteiger partial charge in [0.05, 0.1) is 17.1 Å². The molecule has 0 atom stereocenters. The molecule has 0 amide bonds. The number of nitrogen functional groups attached to an aromatic ring is 1. The highest BCUT2D eigenvalue weighted by Gasteiger charge is 2.21. The fraction of sp³-hybridized carbons (Fsp3) is 0.206. The maximum absolute atomic E-state index is 6.23. The molecule has 0 bridgehead atoms. The second kappa shape index (κ2) is 24.0. The first-order valence-electron chi connectivity index (χ1n) is 26.9. The number of nitrogens with zero attached hydrogens (tertiary/aromatic N) is 9. The van der Waals surface area contributed by atoms with Crippen LogP contribution >= 0.6 is 0 Å². The number of anilines is 3. The summed E-state index contributed by atoms with van der Waals surface area (Å²) in [6.07, 6.45) is 6.08. The lowest BCUT2D eigenvalue weighted by Gasteiger charge is -2.22. The third-order valence-electron chi connectivity index (χ3n) is 14.1. The van der Waals surface area contributed by atoms with Gasteiger partial charge in [-0.15, -0.1) is 0 Å². The zero-order valence-electron chi connectivity index (χ0n) is 47.2. The molecule has 0 fully saturated rings. The standard InChI is InChI=1S/C26H24N4O.C22H24N4O.C18H16N4O.2CH4/c1-17-9-14-23-28-25(26(30(23)16-17)27-15-20-7-5-4-6-8-20)22-12-10-21(11-13-22)24-18(2)29-31-19(24)3;1-14-19(15(2)27-25-14)16-9-11-17(12-10-16)20-21(24-22(3,4)5)26-13-7-6-8-18(26)23-20;1-11-16(12(2)23-21-11)13-6-8-14(9-7-13)17-18(19)22-10-4-3-5-15(22)20-17;;/h4-14,16,27H,15H2,1-3H3;6-13,24H,1-5H3;3-10H,19H2,1-2H3;2*1H4.